The van der Waals surface area contributed by atoms with E-state index >= 15 is 0 Å². The Hall–Kier alpha value is -1.10. The maximum absolute atomic E-state index is 12.3. The Morgan fingerprint density at radius 1 is 0.828 bits per heavy atom. The van der Waals surface area contributed by atoms with Crippen LogP contribution in [-0.2, 0) is 10.1 Å². The van der Waals surface area contributed by atoms with Gasteiger partial charge in [-0.25, -0.2) is 8.78 Å². The molecule has 4 nitrogen and oxygen atoms in total. The van der Waals surface area contributed by atoms with E-state index in [1.165, 1.54) is 12.1 Å². The zero-order chi connectivity index (χ0) is 22.8. The smallest absolute Gasteiger partial charge is 0.849 e. The third-order valence-electron chi connectivity index (χ3n) is 2.63. The minimum absolute atomic E-state index is 0. The zero-order valence-electron chi connectivity index (χ0n) is 13.6. The van der Waals surface area contributed by atoms with Crippen LogP contribution in [0.15, 0.2) is 47.1 Å². The minimum atomic E-state index is -7.38. The zero-order valence-corrected chi connectivity index (χ0v) is 16.4. The van der Waals surface area contributed by atoms with Crippen molar-refractivity contribution in [1.29, 1.82) is 0 Å². The topological polar surface area (TPSA) is 77.4 Å². The second-order valence-electron chi connectivity index (χ2n) is 4.60. The molecule has 0 unspecified atom stereocenters. The minimum Gasteiger partial charge on any atom is -0.849 e. The third-order valence-corrected chi connectivity index (χ3v) is 3.50. The number of rotatable bonds is 4. The standard InChI is InChI=1S/C6HF11O.C6H6O3S.Na/c7-1(2(8)18)3(9,10)4(11,12)5(13,14)6(15,16)17;7-10(8,9)6-4-2-1-3-5-6;/h18H;1-5H,(H,7,8,9);/q;;+1/p-1. The first kappa shape index (κ1) is 30.1. The fourth-order valence-corrected chi connectivity index (χ4v) is 1.73. The predicted octanol–water partition coefficient (Wildman–Crippen LogP) is 0.860. The molecule has 17 heteroatoms. The number of benzene rings is 1. The van der Waals surface area contributed by atoms with Crippen LogP contribution in [0, 0.1) is 0 Å². The van der Waals surface area contributed by atoms with Crippen LogP contribution in [0.2, 0.25) is 0 Å². The third kappa shape index (κ3) is 6.70. The molecule has 1 rings (SSSR count). The van der Waals surface area contributed by atoms with E-state index in [9.17, 15) is 61.8 Å². The van der Waals surface area contributed by atoms with E-state index in [1.807, 2.05) is 0 Å². The molecule has 0 aliphatic carbocycles. The molecule has 0 atom stereocenters. The molecule has 1 aromatic rings. The second-order valence-corrected chi connectivity index (χ2v) is 6.02. The van der Waals surface area contributed by atoms with E-state index in [1.54, 1.807) is 18.2 Å². The van der Waals surface area contributed by atoms with Gasteiger partial charge in [0, 0.05) is 0 Å². The van der Waals surface area contributed by atoms with Crippen molar-refractivity contribution in [2.75, 3.05) is 0 Å². The van der Waals surface area contributed by atoms with Gasteiger partial charge in [-0.1, -0.05) is 18.2 Å². The molecule has 0 saturated carbocycles. The quantitative estimate of drug-likeness (QED) is 0.302. The van der Waals surface area contributed by atoms with E-state index in [0.29, 0.717) is 0 Å². The predicted molar refractivity (Wildman–Crippen MR) is 66.4 cm³/mol. The summed E-state index contributed by atoms with van der Waals surface area (Å²) in [5.74, 6) is -26.0. The Bertz CT molecular complexity index is 803. The average Bonchev–Trinajstić information content (AvgIpc) is 2.53. The van der Waals surface area contributed by atoms with Gasteiger partial charge in [0.15, 0.2) is 5.83 Å². The van der Waals surface area contributed by atoms with E-state index < -0.39 is 45.9 Å². The number of allylic oxidation sites excluding steroid dienone is 1. The van der Waals surface area contributed by atoms with Crippen LogP contribution in [0.25, 0.3) is 0 Å². The van der Waals surface area contributed by atoms with Gasteiger partial charge in [-0.2, -0.15) is 47.9 Å². The summed E-state index contributed by atoms with van der Waals surface area (Å²) in [7, 11) is -4.00. The molecular weight excluding hydrogens is 472 g/mol. The number of halogens is 11. The van der Waals surface area contributed by atoms with Crippen LogP contribution < -0.4 is 34.7 Å². The molecule has 0 aliphatic heterocycles. The summed E-state index contributed by atoms with van der Waals surface area (Å²) < 4.78 is 160. The first-order valence-corrected chi connectivity index (χ1v) is 7.60. The maximum atomic E-state index is 12.3. The maximum Gasteiger partial charge on any atom is 1.00 e. The van der Waals surface area contributed by atoms with Gasteiger partial charge in [0.25, 0.3) is 10.1 Å². The molecule has 29 heavy (non-hydrogen) atoms. The van der Waals surface area contributed by atoms with Crippen LogP contribution in [0.4, 0.5) is 48.3 Å². The van der Waals surface area contributed by atoms with E-state index in [-0.39, 0.29) is 34.5 Å². The van der Waals surface area contributed by atoms with Gasteiger partial charge in [0.2, 0.25) is 0 Å². The Morgan fingerprint density at radius 2 is 1.21 bits per heavy atom. The summed E-state index contributed by atoms with van der Waals surface area (Å²) >= 11 is 0. The first-order valence-electron chi connectivity index (χ1n) is 6.16. The molecule has 1 aromatic carbocycles. The molecule has 0 heterocycles. The van der Waals surface area contributed by atoms with Gasteiger partial charge in [-0.05, 0) is 12.1 Å². The van der Waals surface area contributed by atoms with Crippen molar-refractivity contribution in [3.63, 3.8) is 0 Å². The summed E-state index contributed by atoms with van der Waals surface area (Å²) in [6.45, 7) is 0. The summed E-state index contributed by atoms with van der Waals surface area (Å²) in [5, 5.41) is 9.40. The molecule has 0 spiro atoms. The SMILES string of the molecule is O=S(=O)(O)c1ccccc1.[Na+].[O-]C(F)=C(F)C(F)(F)C(F)(F)C(F)(F)C(F)(F)F. The Morgan fingerprint density at radius 3 is 1.45 bits per heavy atom. The largest absolute Gasteiger partial charge is 1.00 e. The summed E-state index contributed by atoms with van der Waals surface area (Å²) in [6, 6.07) is 3.53. The van der Waals surface area contributed by atoms with Gasteiger partial charge in [-0.15, -0.1) is 0 Å². The van der Waals surface area contributed by atoms with Crippen molar-refractivity contribution >= 4 is 10.1 Å². The van der Waals surface area contributed by atoms with Crippen molar-refractivity contribution in [2.45, 2.75) is 28.8 Å². The molecule has 1 N–H and O–H groups in total. The molecule has 0 fully saturated rings. The van der Waals surface area contributed by atoms with Crippen molar-refractivity contribution < 1.29 is 95.9 Å². The number of alkyl halides is 9. The molecule has 0 aliphatic rings. The van der Waals surface area contributed by atoms with Crippen LogP contribution in [-0.4, -0.2) is 36.9 Å². The molecule has 0 bridgehead atoms. The monoisotopic (exact) mass is 478 g/mol. The molecule has 0 saturated heterocycles. The Kier molecular flexibility index (Phi) is 10.2. The van der Waals surface area contributed by atoms with Gasteiger partial charge in [0.05, 0.1) is 10.9 Å². The van der Waals surface area contributed by atoms with Crippen LogP contribution >= 0.6 is 0 Å². The molecule has 0 aromatic heterocycles. The van der Waals surface area contributed by atoms with Gasteiger partial charge in [0.1, 0.15) is 0 Å². The van der Waals surface area contributed by atoms with Gasteiger partial charge in [-0.3, -0.25) is 4.55 Å². The molecule has 0 radical (unpaired) electrons. The fraction of sp³-hybridized carbons (Fsp3) is 0.333. The fourth-order valence-electron chi connectivity index (χ4n) is 1.23. The van der Waals surface area contributed by atoms with Crippen molar-refractivity contribution in [3.05, 3.63) is 42.2 Å². The van der Waals surface area contributed by atoms with E-state index in [0.717, 1.165) is 0 Å². The van der Waals surface area contributed by atoms with Crippen LogP contribution in [0.1, 0.15) is 0 Å². The van der Waals surface area contributed by atoms with Crippen LogP contribution in [0.3, 0.4) is 0 Å². The number of hydrogen-bond donors (Lipinski definition) is 1. The molecular formula is C12H6F11NaO4S. The summed E-state index contributed by atoms with van der Waals surface area (Å²) in [4.78, 5) is -0.0741. The van der Waals surface area contributed by atoms with Crippen LogP contribution in [0.5, 0.6) is 0 Å². The second kappa shape index (κ2) is 9.80. The average molecular weight is 478 g/mol. The summed E-state index contributed by atoms with van der Waals surface area (Å²) in [6.07, 6.45) is -7.17. The van der Waals surface area contributed by atoms with Crippen molar-refractivity contribution in [1.82, 2.24) is 0 Å². The number of hydrogen-bond acceptors (Lipinski definition) is 3. The Balaban J connectivity index is 0. The van der Waals surface area contributed by atoms with Crippen molar-refractivity contribution in [3.8, 4) is 0 Å². The molecule has 162 valence electrons. The molecule has 0 amide bonds. The van der Waals surface area contributed by atoms with Gasteiger partial charge < -0.3 is 5.11 Å². The first-order chi connectivity index (χ1) is 12.2. The summed E-state index contributed by atoms with van der Waals surface area (Å²) in [5.41, 5.74) is 0. The van der Waals surface area contributed by atoms with Gasteiger partial charge >= 0.3 is 53.5 Å². The van der Waals surface area contributed by atoms with E-state index in [2.05, 4.69) is 0 Å². The Labute approximate surface area is 177 Å². The normalized spacial score (nSPS) is 14.2. The van der Waals surface area contributed by atoms with Crippen molar-refractivity contribution in [2.24, 2.45) is 0 Å². The van der Waals surface area contributed by atoms with E-state index in [4.69, 9.17) is 4.55 Å².